The molecule has 1 aromatic carbocycles. The summed E-state index contributed by atoms with van der Waals surface area (Å²) in [5, 5.41) is 2.55. The van der Waals surface area contributed by atoms with Crippen LogP contribution >= 0.6 is 23.1 Å². The first kappa shape index (κ1) is 22.6. The van der Waals surface area contributed by atoms with Gasteiger partial charge in [0, 0.05) is 35.5 Å². The van der Waals surface area contributed by atoms with Gasteiger partial charge in [0.05, 0.1) is 5.00 Å². The number of nitrogens with zero attached hydrogens (tertiary/aromatic N) is 2. The third kappa shape index (κ3) is 6.75. The normalized spacial score (nSPS) is 15.2. The van der Waals surface area contributed by atoms with Crippen LogP contribution in [0.4, 0.5) is 5.00 Å². The number of thioether (sulfide) groups is 1. The van der Waals surface area contributed by atoms with Gasteiger partial charge < -0.3 is 4.90 Å². The van der Waals surface area contributed by atoms with E-state index < -0.39 is 10.2 Å². The van der Waals surface area contributed by atoms with Crippen molar-refractivity contribution in [3.63, 3.8) is 0 Å². The molecule has 0 N–H and O–H groups in total. The van der Waals surface area contributed by atoms with Gasteiger partial charge in [0.15, 0.2) is 0 Å². The number of rotatable bonds is 3. The summed E-state index contributed by atoms with van der Waals surface area (Å²) in [4.78, 5) is 4.79. The SMILES string of the molecule is CN(C)c1ccc(C(=C2C=CC(=[N+](C)C)S2)c2ccccc2)s1.[O-][Cl+3]([O-])([O-])[O-]. The lowest BCUT2D eigenvalue weighted by Gasteiger charge is -2.17. The first-order valence-corrected chi connectivity index (χ1v) is 11.0. The average Bonchev–Trinajstić information content (AvgIpc) is 3.25. The van der Waals surface area contributed by atoms with Crippen molar-refractivity contribution in [2.75, 3.05) is 33.1 Å². The minimum absolute atomic E-state index is 1.27. The fourth-order valence-corrected chi connectivity index (χ4v) is 4.50. The van der Waals surface area contributed by atoms with Gasteiger partial charge in [-0.05, 0) is 35.5 Å². The molecule has 1 aromatic heterocycles. The second kappa shape index (κ2) is 9.71. The van der Waals surface area contributed by atoms with E-state index in [0.717, 1.165) is 0 Å². The molecule has 0 atom stereocenters. The van der Waals surface area contributed by atoms with E-state index in [1.54, 1.807) is 0 Å². The maximum atomic E-state index is 8.49. The summed E-state index contributed by atoms with van der Waals surface area (Å²) in [6.07, 6.45) is 4.43. The lowest BCUT2D eigenvalue weighted by molar-refractivity contribution is -2.00. The fraction of sp³-hybridized carbons (Fsp3) is 0.211. The number of halogens is 1. The van der Waals surface area contributed by atoms with E-state index in [4.69, 9.17) is 18.6 Å². The van der Waals surface area contributed by atoms with Gasteiger partial charge in [-0.25, -0.2) is 23.2 Å². The van der Waals surface area contributed by atoms with E-state index in [-0.39, 0.29) is 0 Å². The van der Waals surface area contributed by atoms with Crippen molar-refractivity contribution in [2.24, 2.45) is 0 Å². The molecular weight excluding hydrogens is 420 g/mol. The standard InChI is InChI=1S/C19H21N2S2.ClHO4/c1-20(2)17-12-10-15(22-17)19(14-8-6-5-7-9-14)16-11-13-18(23-16)21(3)4;2-1(3,4)5/h5-13H,1-4H3;(H,2,3,4,5)/q+1;/p-1. The lowest BCUT2D eigenvalue weighted by atomic mass is 10.0. The van der Waals surface area contributed by atoms with Crippen LogP contribution in [0.1, 0.15) is 10.4 Å². The average molecular weight is 441 g/mol. The Bertz CT molecular complexity index is 890. The zero-order valence-electron chi connectivity index (χ0n) is 15.9. The number of anilines is 1. The Labute approximate surface area is 175 Å². The molecule has 9 heteroatoms. The molecule has 0 saturated heterocycles. The first-order valence-electron chi connectivity index (χ1n) is 8.15. The molecule has 6 nitrogen and oxygen atoms in total. The topological polar surface area (TPSA) is 98.5 Å². The molecule has 1 aliphatic rings. The largest absolute Gasteiger partial charge is 0.370 e. The summed E-state index contributed by atoms with van der Waals surface area (Å²) in [5.41, 5.74) is 2.59. The molecule has 0 amide bonds. The highest BCUT2D eigenvalue weighted by Gasteiger charge is 2.21. The summed E-state index contributed by atoms with van der Waals surface area (Å²) in [6, 6.07) is 15.1. The van der Waals surface area contributed by atoms with Crippen molar-refractivity contribution in [3.05, 3.63) is 70.0 Å². The maximum Gasteiger partial charge on any atom is 0.239 e. The molecule has 0 saturated carbocycles. The molecule has 28 heavy (non-hydrogen) atoms. The fourth-order valence-electron chi connectivity index (χ4n) is 2.42. The molecule has 2 aromatic rings. The summed E-state index contributed by atoms with van der Waals surface area (Å²) < 4.78 is 36.1. The minimum atomic E-state index is -4.94. The quantitative estimate of drug-likeness (QED) is 0.612. The highest BCUT2D eigenvalue weighted by Crippen LogP contribution is 2.41. The van der Waals surface area contributed by atoms with Gasteiger partial charge in [-0.1, -0.05) is 30.3 Å². The van der Waals surface area contributed by atoms with Crippen molar-refractivity contribution in [1.29, 1.82) is 0 Å². The van der Waals surface area contributed by atoms with E-state index in [2.05, 4.69) is 92.3 Å². The van der Waals surface area contributed by atoms with Crippen LogP contribution in [0, 0.1) is 10.2 Å². The smallest absolute Gasteiger partial charge is 0.239 e. The number of hydrogen-bond donors (Lipinski definition) is 0. The Morgan fingerprint density at radius 3 is 2.00 bits per heavy atom. The van der Waals surface area contributed by atoms with Gasteiger partial charge in [0.25, 0.3) is 0 Å². The van der Waals surface area contributed by atoms with Crippen LogP contribution in [-0.2, 0) is 0 Å². The molecule has 0 spiro atoms. The van der Waals surface area contributed by atoms with E-state index in [9.17, 15) is 0 Å². The van der Waals surface area contributed by atoms with Crippen molar-refractivity contribution in [1.82, 2.24) is 0 Å². The van der Waals surface area contributed by atoms with Gasteiger partial charge in [-0.2, -0.15) is 0 Å². The Kier molecular flexibility index (Phi) is 7.85. The number of thiophene rings is 1. The number of hydrogen-bond acceptors (Lipinski definition) is 7. The molecule has 3 rings (SSSR count). The van der Waals surface area contributed by atoms with Crippen LogP contribution < -0.4 is 23.5 Å². The van der Waals surface area contributed by atoms with Gasteiger partial charge in [0.1, 0.15) is 14.1 Å². The van der Waals surface area contributed by atoms with E-state index in [0.29, 0.717) is 0 Å². The zero-order chi connectivity index (χ0) is 20.9. The maximum absolute atomic E-state index is 8.49. The van der Waals surface area contributed by atoms with Crippen LogP contribution in [0.3, 0.4) is 0 Å². The summed E-state index contributed by atoms with van der Waals surface area (Å²) in [7, 11) is 3.42. The molecule has 2 heterocycles. The minimum Gasteiger partial charge on any atom is -0.370 e. The Hall–Kier alpha value is -1.65. The molecule has 0 radical (unpaired) electrons. The number of benzene rings is 1. The highest BCUT2D eigenvalue weighted by atomic mass is 35.7. The van der Waals surface area contributed by atoms with Gasteiger partial charge >= 0.3 is 0 Å². The second-order valence-corrected chi connectivity index (χ2v) is 9.06. The monoisotopic (exact) mass is 440 g/mol. The van der Waals surface area contributed by atoms with Gasteiger partial charge in [-0.3, -0.25) is 0 Å². The first-order chi connectivity index (χ1) is 13.1. The third-order valence-corrected chi connectivity index (χ3v) is 6.16. The van der Waals surface area contributed by atoms with E-state index >= 15 is 0 Å². The molecule has 0 aliphatic carbocycles. The molecule has 1 aliphatic heterocycles. The third-order valence-electron chi connectivity index (χ3n) is 3.62. The van der Waals surface area contributed by atoms with Crippen LogP contribution in [0.5, 0.6) is 0 Å². The second-order valence-electron chi connectivity index (χ2n) is 6.18. The van der Waals surface area contributed by atoms with E-state index in [1.807, 2.05) is 23.1 Å². The Morgan fingerprint density at radius 1 is 0.929 bits per heavy atom. The predicted octanol–water partition coefficient (Wildman–Crippen LogP) is -0.209. The van der Waals surface area contributed by atoms with Crippen molar-refractivity contribution >= 4 is 38.7 Å². The lowest BCUT2D eigenvalue weighted by Crippen LogP contribution is -2.68. The predicted molar refractivity (Wildman–Crippen MR) is 105 cm³/mol. The van der Waals surface area contributed by atoms with Crippen molar-refractivity contribution in [3.8, 4) is 0 Å². The summed E-state index contributed by atoms with van der Waals surface area (Å²) in [5.74, 6) is 0. The zero-order valence-corrected chi connectivity index (χ0v) is 18.3. The van der Waals surface area contributed by atoms with Crippen LogP contribution in [0.15, 0.2) is 59.5 Å². The molecular formula is C19H21ClN2O4S2. The van der Waals surface area contributed by atoms with Crippen molar-refractivity contribution < 1.29 is 33.5 Å². The summed E-state index contributed by atoms with van der Waals surface area (Å²) >= 11 is 3.68. The van der Waals surface area contributed by atoms with Gasteiger partial charge in [-0.15, -0.1) is 21.6 Å². The molecule has 0 fully saturated rings. The van der Waals surface area contributed by atoms with Gasteiger partial charge in [0.2, 0.25) is 5.04 Å². The molecule has 0 bridgehead atoms. The molecule has 0 unspecified atom stereocenters. The number of allylic oxidation sites excluding steroid dienone is 1. The molecule has 150 valence electrons. The van der Waals surface area contributed by atoms with Crippen LogP contribution in [0.2, 0.25) is 0 Å². The van der Waals surface area contributed by atoms with E-state index in [1.165, 1.54) is 31.0 Å². The van der Waals surface area contributed by atoms with Crippen LogP contribution in [-0.4, -0.2) is 37.8 Å². The van der Waals surface area contributed by atoms with Crippen LogP contribution in [0.25, 0.3) is 5.57 Å². The summed E-state index contributed by atoms with van der Waals surface area (Å²) in [6.45, 7) is 0. The highest BCUT2D eigenvalue weighted by molar-refractivity contribution is 8.18. The van der Waals surface area contributed by atoms with Crippen molar-refractivity contribution in [2.45, 2.75) is 0 Å². The Morgan fingerprint density at radius 2 is 1.54 bits per heavy atom. The Balaban J connectivity index is 0.000000500.